The van der Waals surface area contributed by atoms with Gasteiger partial charge in [0.15, 0.2) is 0 Å². The Morgan fingerprint density at radius 2 is 2.22 bits per heavy atom. The minimum Gasteiger partial charge on any atom is -0.496 e. The van der Waals surface area contributed by atoms with Crippen molar-refractivity contribution in [3.8, 4) is 5.75 Å². The van der Waals surface area contributed by atoms with Gasteiger partial charge in [0.2, 0.25) is 0 Å². The fourth-order valence-electron chi connectivity index (χ4n) is 1.50. The summed E-state index contributed by atoms with van der Waals surface area (Å²) >= 11 is 12.3. The molecule has 2 rings (SSSR count). The predicted molar refractivity (Wildman–Crippen MR) is 78.9 cm³/mol. The number of nitrogens with zero attached hydrogens (tertiary/aromatic N) is 1. The number of carbonyl (C=O) groups excluding carboxylic acids is 1. The third kappa shape index (κ3) is 2.53. The number of hydrogen-bond donors (Lipinski definition) is 0. The van der Waals surface area contributed by atoms with Crippen molar-refractivity contribution in [2.45, 2.75) is 0 Å². The van der Waals surface area contributed by atoms with E-state index in [0.717, 1.165) is 5.56 Å². The van der Waals surface area contributed by atoms with Gasteiger partial charge in [0.1, 0.15) is 10.1 Å². The molecule has 94 valence electrons. The van der Waals surface area contributed by atoms with E-state index in [1.165, 1.54) is 16.7 Å². The molecule has 1 aliphatic heterocycles. The average Bonchev–Trinajstić information content (AvgIpc) is 2.57. The summed E-state index contributed by atoms with van der Waals surface area (Å²) in [6.07, 6.45) is 1.74. The van der Waals surface area contributed by atoms with Crippen LogP contribution in [0.4, 0.5) is 0 Å². The van der Waals surface area contributed by atoms with Gasteiger partial charge < -0.3 is 4.74 Å². The van der Waals surface area contributed by atoms with Crippen LogP contribution in [0, 0.1) is 0 Å². The van der Waals surface area contributed by atoms with Gasteiger partial charge >= 0.3 is 0 Å². The summed E-state index contributed by atoms with van der Waals surface area (Å²) in [7, 11) is 3.24. The van der Waals surface area contributed by atoms with E-state index in [9.17, 15) is 4.79 Å². The molecule has 0 aliphatic carbocycles. The maximum absolute atomic E-state index is 11.9. The van der Waals surface area contributed by atoms with Crippen molar-refractivity contribution in [3.05, 3.63) is 33.7 Å². The second kappa shape index (κ2) is 5.30. The zero-order valence-corrected chi connectivity index (χ0v) is 12.2. The van der Waals surface area contributed by atoms with Crippen LogP contribution in [0.3, 0.4) is 0 Å². The second-order valence-electron chi connectivity index (χ2n) is 3.63. The molecule has 3 nitrogen and oxygen atoms in total. The van der Waals surface area contributed by atoms with Crippen LogP contribution in [0.15, 0.2) is 23.1 Å². The molecule has 0 radical (unpaired) electrons. The SMILES string of the molecule is COc1ccc(Cl)cc1C=C1SC(=S)N(C)C1=O. The molecule has 0 bridgehead atoms. The molecule has 0 spiro atoms. The summed E-state index contributed by atoms with van der Waals surface area (Å²) in [6.45, 7) is 0. The third-order valence-corrected chi connectivity index (χ3v) is 4.18. The van der Waals surface area contributed by atoms with E-state index >= 15 is 0 Å². The molecule has 0 unspecified atom stereocenters. The van der Waals surface area contributed by atoms with Gasteiger partial charge in [-0.05, 0) is 24.3 Å². The monoisotopic (exact) mass is 299 g/mol. The fraction of sp³-hybridized carbons (Fsp3) is 0.167. The Hall–Kier alpha value is -1.04. The number of hydrogen-bond acceptors (Lipinski definition) is 4. The molecule has 1 aliphatic rings. The average molecular weight is 300 g/mol. The number of rotatable bonds is 2. The van der Waals surface area contributed by atoms with Crippen LogP contribution in [0.5, 0.6) is 5.75 Å². The van der Waals surface area contributed by atoms with Crippen molar-refractivity contribution in [2.75, 3.05) is 14.2 Å². The first kappa shape index (κ1) is 13.4. The van der Waals surface area contributed by atoms with Crippen LogP contribution in [0.2, 0.25) is 5.02 Å². The highest BCUT2D eigenvalue weighted by Crippen LogP contribution is 2.33. The van der Waals surface area contributed by atoms with Gasteiger partial charge in [-0.1, -0.05) is 35.6 Å². The van der Waals surface area contributed by atoms with E-state index in [2.05, 4.69) is 0 Å². The Balaban J connectivity index is 2.42. The molecule has 1 fully saturated rings. The lowest BCUT2D eigenvalue weighted by molar-refractivity contribution is -0.121. The van der Waals surface area contributed by atoms with Gasteiger partial charge in [-0.15, -0.1) is 0 Å². The van der Waals surface area contributed by atoms with Crippen molar-refractivity contribution in [3.63, 3.8) is 0 Å². The van der Waals surface area contributed by atoms with E-state index in [4.69, 9.17) is 28.6 Å². The Bertz CT molecular complexity index is 557. The highest BCUT2D eigenvalue weighted by atomic mass is 35.5. The maximum atomic E-state index is 11.9. The van der Waals surface area contributed by atoms with Gasteiger partial charge in [-0.3, -0.25) is 9.69 Å². The normalized spacial score (nSPS) is 17.7. The quantitative estimate of drug-likeness (QED) is 0.620. The summed E-state index contributed by atoms with van der Waals surface area (Å²) in [6, 6.07) is 5.26. The van der Waals surface area contributed by atoms with Crippen molar-refractivity contribution in [1.82, 2.24) is 4.90 Å². The zero-order valence-electron chi connectivity index (χ0n) is 9.77. The van der Waals surface area contributed by atoms with Crippen molar-refractivity contribution < 1.29 is 9.53 Å². The largest absolute Gasteiger partial charge is 0.496 e. The van der Waals surface area contributed by atoms with Gasteiger partial charge in [0.25, 0.3) is 5.91 Å². The summed E-state index contributed by atoms with van der Waals surface area (Å²) in [5.74, 6) is 0.563. The summed E-state index contributed by atoms with van der Waals surface area (Å²) in [5, 5.41) is 0.592. The van der Waals surface area contributed by atoms with Crippen LogP contribution in [0.25, 0.3) is 6.08 Å². The number of amides is 1. The minimum atomic E-state index is -0.105. The summed E-state index contributed by atoms with van der Waals surface area (Å²) in [5.41, 5.74) is 0.763. The van der Waals surface area contributed by atoms with Gasteiger partial charge in [0.05, 0.1) is 12.0 Å². The first-order chi connectivity index (χ1) is 8.52. The Kier molecular flexibility index (Phi) is 3.94. The molecule has 0 aromatic heterocycles. The molecule has 1 saturated heterocycles. The molecule has 1 heterocycles. The molecule has 1 amide bonds. The van der Waals surface area contributed by atoms with E-state index < -0.39 is 0 Å². The lowest BCUT2D eigenvalue weighted by Gasteiger charge is -2.06. The summed E-state index contributed by atoms with van der Waals surface area (Å²) < 4.78 is 5.78. The van der Waals surface area contributed by atoms with Gasteiger partial charge in [0, 0.05) is 17.6 Å². The Morgan fingerprint density at radius 1 is 1.50 bits per heavy atom. The lowest BCUT2D eigenvalue weighted by atomic mass is 10.2. The number of likely N-dealkylation sites (N-methyl/N-ethyl adjacent to an activating group) is 1. The lowest BCUT2D eigenvalue weighted by Crippen LogP contribution is -2.22. The molecular weight excluding hydrogens is 290 g/mol. The number of benzene rings is 1. The minimum absolute atomic E-state index is 0.105. The first-order valence-electron chi connectivity index (χ1n) is 5.08. The van der Waals surface area contributed by atoms with Gasteiger partial charge in [-0.2, -0.15) is 0 Å². The second-order valence-corrected chi connectivity index (χ2v) is 5.74. The number of thioether (sulfide) groups is 1. The Morgan fingerprint density at radius 3 is 2.78 bits per heavy atom. The molecule has 0 atom stereocenters. The van der Waals surface area contributed by atoms with Crippen molar-refractivity contribution in [2.24, 2.45) is 0 Å². The topological polar surface area (TPSA) is 29.5 Å². The number of thiocarbonyl (C=S) groups is 1. The molecular formula is C12H10ClNO2S2. The van der Waals surface area contributed by atoms with Crippen LogP contribution in [0.1, 0.15) is 5.56 Å². The number of carbonyl (C=O) groups is 1. The first-order valence-corrected chi connectivity index (χ1v) is 6.68. The molecule has 0 saturated carbocycles. The van der Waals surface area contributed by atoms with Crippen molar-refractivity contribution >= 4 is 51.9 Å². The van der Waals surface area contributed by atoms with E-state index in [1.54, 1.807) is 38.4 Å². The van der Waals surface area contributed by atoms with Crippen LogP contribution < -0.4 is 4.74 Å². The highest BCUT2D eigenvalue weighted by Gasteiger charge is 2.28. The zero-order chi connectivity index (χ0) is 13.3. The summed E-state index contributed by atoms with van der Waals surface area (Å²) in [4.78, 5) is 13.9. The smallest absolute Gasteiger partial charge is 0.265 e. The fourth-order valence-corrected chi connectivity index (χ4v) is 2.86. The standard InChI is InChI=1S/C12H10ClNO2S2/c1-14-11(15)10(18-12(14)17)6-7-5-8(13)3-4-9(7)16-2/h3-6H,1-2H3. The molecule has 1 aromatic carbocycles. The van der Waals surface area contributed by atoms with Crippen LogP contribution >= 0.6 is 35.6 Å². The molecule has 18 heavy (non-hydrogen) atoms. The number of ether oxygens (including phenoxy) is 1. The predicted octanol–water partition coefficient (Wildman–Crippen LogP) is 3.18. The number of methoxy groups -OCH3 is 1. The van der Waals surface area contributed by atoms with Crippen molar-refractivity contribution in [1.29, 1.82) is 0 Å². The number of halogens is 1. The highest BCUT2D eigenvalue weighted by molar-refractivity contribution is 8.26. The van der Waals surface area contributed by atoms with Gasteiger partial charge in [-0.25, -0.2) is 0 Å². The molecule has 0 N–H and O–H groups in total. The van der Waals surface area contributed by atoms with Crippen LogP contribution in [-0.4, -0.2) is 29.3 Å². The third-order valence-electron chi connectivity index (χ3n) is 2.46. The van der Waals surface area contributed by atoms with Crippen LogP contribution in [-0.2, 0) is 4.79 Å². The van der Waals surface area contributed by atoms with E-state index in [1.807, 2.05) is 0 Å². The Labute approximate surface area is 120 Å². The maximum Gasteiger partial charge on any atom is 0.265 e. The van der Waals surface area contributed by atoms with E-state index in [-0.39, 0.29) is 5.91 Å². The molecule has 1 aromatic rings. The molecule has 6 heteroatoms. The van der Waals surface area contributed by atoms with E-state index in [0.29, 0.717) is 20.0 Å².